The molecule has 1 rings (SSSR count). The summed E-state index contributed by atoms with van der Waals surface area (Å²) in [7, 11) is 1.61. The Balaban J connectivity index is 2.59. The van der Waals surface area contributed by atoms with Crippen molar-refractivity contribution in [3.05, 3.63) is 18.3 Å². The van der Waals surface area contributed by atoms with Crippen LogP contribution in [0.3, 0.4) is 0 Å². The van der Waals surface area contributed by atoms with Gasteiger partial charge in [-0.25, -0.2) is 4.98 Å². The van der Waals surface area contributed by atoms with E-state index in [-0.39, 0.29) is 5.91 Å². The summed E-state index contributed by atoms with van der Waals surface area (Å²) in [5, 5.41) is 2.83. The van der Waals surface area contributed by atoms with Crippen LogP contribution in [-0.4, -0.2) is 43.4 Å². The summed E-state index contributed by atoms with van der Waals surface area (Å²) < 4.78 is 16.0. The summed E-state index contributed by atoms with van der Waals surface area (Å²) in [6.07, 6.45) is 3.04. The normalized spacial score (nSPS) is 13.5. The van der Waals surface area contributed by atoms with E-state index in [0.29, 0.717) is 37.8 Å². The second kappa shape index (κ2) is 9.38. The van der Waals surface area contributed by atoms with Gasteiger partial charge in [-0.15, -0.1) is 0 Å². The quantitative estimate of drug-likeness (QED) is 0.673. The molecule has 0 bridgehead atoms. The molecular formula is C16H26N2O4. The van der Waals surface area contributed by atoms with Crippen LogP contribution in [0.4, 0.5) is 5.69 Å². The zero-order valence-corrected chi connectivity index (χ0v) is 13.8. The number of amides is 1. The van der Waals surface area contributed by atoms with Crippen LogP contribution in [0.5, 0.6) is 5.88 Å². The van der Waals surface area contributed by atoms with E-state index < -0.39 is 5.60 Å². The number of carbonyl (C=O) groups excluding carboxylic acids is 1. The van der Waals surface area contributed by atoms with Gasteiger partial charge in [0.1, 0.15) is 12.2 Å². The van der Waals surface area contributed by atoms with E-state index in [2.05, 4.69) is 10.3 Å². The zero-order valence-electron chi connectivity index (χ0n) is 13.8. The fourth-order valence-electron chi connectivity index (χ4n) is 1.69. The molecule has 0 unspecified atom stereocenters. The Morgan fingerprint density at radius 3 is 2.59 bits per heavy atom. The van der Waals surface area contributed by atoms with Gasteiger partial charge >= 0.3 is 0 Å². The predicted molar refractivity (Wildman–Crippen MR) is 85.2 cm³/mol. The number of pyridine rings is 1. The average molecular weight is 310 g/mol. The summed E-state index contributed by atoms with van der Waals surface area (Å²) in [6.45, 7) is 7.24. The predicted octanol–water partition coefficient (Wildman–Crippen LogP) is 2.64. The van der Waals surface area contributed by atoms with Gasteiger partial charge in [-0.2, -0.15) is 0 Å². The number of nitrogens with one attached hydrogen (secondary N) is 1. The smallest absolute Gasteiger partial charge is 0.256 e. The Bertz CT molecular complexity index is 450. The first-order valence-electron chi connectivity index (χ1n) is 7.59. The van der Waals surface area contributed by atoms with Crippen molar-refractivity contribution in [3.8, 4) is 5.88 Å². The second-order valence-electron chi connectivity index (χ2n) is 5.11. The summed E-state index contributed by atoms with van der Waals surface area (Å²) >= 11 is 0. The van der Waals surface area contributed by atoms with Gasteiger partial charge in [-0.05, 0) is 25.8 Å². The lowest BCUT2D eigenvalue weighted by molar-refractivity contribution is -0.139. The van der Waals surface area contributed by atoms with Crippen LogP contribution in [0.25, 0.3) is 0 Å². The van der Waals surface area contributed by atoms with Crippen LogP contribution in [-0.2, 0) is 14.3 Å². The van der Waals surface area contributed by atoms with Gasteiger partial charge in [0.05, 0.1) is 18.5 Å². The van der Waals surface area contributed by atoms with Crippen LogP contribution >= 0.6 is 0 Å². The third-order valence-corrected chi connectivity index (χ3v) is 3.31. The standard InChI is InChI=1S/C16H26N2O4/c1-5-9-22-16(3,6-2)15(19)18-13-7-8-14(17-12-13)21-11-10-20-4/h7-8,12H,5-6,9-11H2,1-4H3,(H,18,19)/t16-/m1/s1. The van der Waals surface area contributed by atoms with Gasteiger partial charge in [-0.3, -0.25) is 4.79 Å². The summed E-state index contributed by atoms with van der Waals surface area (Å²) in [6, 6.07) is 3.46. The molecule has 22 heavy (non-hydrogen) atoms. The van der Waals surface area contributed by atoms with Crippen LogP contribution in [0.1, 0.15) is 33.6 Å². The summed E-state index contributed by atoms with van der Waals surface area (Å²) in [5.41, 5.74) is -0.215. The van der Waals surface area contributed by atoms with Crippen LogP contribution in [0.15, 0.2) is 18.3 Å². The molecule has 0 spiro atoms. The number of rotatable bonds is 10. The second-order valence-corrected chi connectivity index (χ2v) is 5.11. The number of aromatic nitrogens is 1. The molecule has 1 atom stereocenters. The molecule has 0 saturated carbocycles. The van der Waals surface area contributed by atoms with Crippen LogP contribution < -0.4 is 10.1 Å². The first kappa shape index (κ1) is 18.4. The Kier molecular flexibility index (Phi) is 7.84. The zero-order chi connectivity index (χ0) is 16.4. The number of hydrogen-bond acceptors (Lipinski definition) is 5. The Labute approximate surface area is 132 Å². The van der Waals surface area contributed by atoms with E-state index in [1.807, 2.05) is 13.8 Å². The fourth-order valence-corrected chi connectivity index (χ4v) is 1.69. The Hall–Kier alpha value is -1.66. The van der Waals surface area contributed by atoms with Crippen molar-refractivity contribution in [1.29, 1.82) is 0 Å². The van der Waals surface area contributed by atoms with Gasteiger partial charge in [0.25, 0.3) is 5.91 Å². The van der Waals surface area contributed by atoms with E-state index in [0.717, 1.165) is 6.42 Å². The number of methoxy groups -OCH3 is 1. The maximum atomic E-state index is 12.4. The largest absolute Gasteiger partial charge is 0.475 e. The van der Waals surface area contributed by atoms with Gasteiger partial charge in [0.15, 0.2) is 0 Å². The monoisotopic (exact) mass is 310 g/mol. The van der Waals surface area contributed by atoms with Gasteiger partial charge in [0, 0.05) is 19.8 Å². The highest BCUT2D eigenvalue weighted by Gasteiger charge is 2.32. The average Bonchev–Trinajstić information content (AvgIpc) is 2.54. The molecule has 124 valence electrons. The minimum atomic E-state index is -0.830. The number of ether oxygens (including phenoxy) is 3. The van der Waals surface area contributed by atoms with Crippen LogP contribution in [0, 0.1) is 0 Å². The molecule has 0 aliphatic carbocycles. The maximum absolute atomic E-state index is 12.4. The maximum Gasteiger partial charge on any atom is 0.256 e. The lowest BCUT2D eigenvalue weighted by Gasteiger charge is -2.27. The fraction of sp³-hybridized carbons (Fsp3) is 0.625. The van der Waals surface area contributed by atoms with Crippen molar-refractivity contribution in [3.63, 3.8) is 0 Å². The first-order valence-corrected chi connectivity index (χ1v) is 7.59. The number of nitrogens with zero attached hydrogens (tertiary/aromatic N) is 1. The Morgan fingerprint density at radius 2 is 2.05 bits per heavy atom. The van der Waals surface area contributed by atoms with Crippen molar-refractivity contribution < 1.29 is 19.0 Å². The highest BCUT2D eigenvalue weighted by molar-refractivity contribution is 5.96. The SMILES string of the molecule is CCCO[C@](C)(CC)C(=O)Nc1ccc(OCCOC)nc1. The lowest BCUT2D eigenvalue weighted by Crippen LogP contribution is -2.42. The van der Waals surface area contributed by atoms with Crippen molar-refractivity contribution in [1.82, 2.24) is 4.98 Å². The highest BCUT2D eigenvalue weighted by Crippen LogP contribution is 2.19. The number of anilines is 1. The van der Waals surface area contributed by atoms with E-state index in [1.54, 1.807) is 32.4 Å². The molecule has 6 nitrogen and oxygen atoms in total. The van der Waals surface area contributed by atoms with Crippen LogP contribution in [0.2, 0.25) is 0 Å². The molecule has 0 saturated heterocycles. The number of hydrogen-bond donors (Lipinski definition) is 1. The van der Waals surface area contributed by atoms with E-state index in [1.165, 1.54) is 0 Å². The number of carbonyl (C=O) groups is 1. The van der Waals surface area contributed by atoms with E-state index >= 15 is 0 Å². The Morgan fingerprint density at radius 1 is 1.27 bits per heavy atom. The third kappa shape index (κ3) is 5.61. The molecule has 0 radical (unpaired) electrons. The van der Waals surface area contributed by atoms with E-state index in [9.17, 15) is 4.79 Å². The molecule has 1 N–H and O–H groups in total. The molecule has 1 amide bonds. The molecule has 1 aromatic rings. The van der Waals surface area contributed by atoms with Crippen molar-refractivity contribution in [2.75, 3.05) is 32.2 Å². The molecule has 0 aliphatic heterocycles. The molecule has 1 aromatic heterocycles. The summed E-state index contributed by atoms with van der Waals surface area (Å²) in [4.78, 5) is 16.5. The highest BCUT2D eigenvalue weighted by atomic mass is 16.5. The molecule has 0 fully saturated rings. The lowest BCUT2D eigenvalue weighted by atomic mass is 10.0. The minimum Gasteiger partial charge on any atom is -0.475 e. The minimum absolute atomic E-state index is 0.168. The third-order valence-electron chi connectivity index (χ3n) is 3.31. The molecule has 1 heterocycles. The van der Waals surface area contributed by atoms with E-state index in [4.69, 9.17) is 14.2 Å². The van der Waals surface area contributed by atoms with Crippen molar-refractivity contribution in [2.24, 2.45) is 0 Å². The molecular weight excluding hydrogens is 284 g/mol. The molecule has 6 heteroatoms. The van der Waals surface area contributed by atoms with Gasteiger partial charge < -0.3 is 19.5 Å². The van der Waals surface area contributed by atoms with Crippen molar-refractivity contribution in [2.45, 2.75) is 39.2 Å². The first-order chi connectivity index (χ1) is 10.6. The van der Waals surface area contributed by atoms with Gasteiger partial charge in [-0.1, -0.05) is 13.8 Å². The summed E-state index contributed by atoms with van der Waals surface area (Å²) in [5.74, 6) is 0.328. The van der Waals surface area contributed by atoms with Crippen molar-refractivity contribution >= 4 is 11.6 Å². The van der Waals surface area contributed by atoms with Gasteiger partial charge in [0.2, 0.25) is 5.88 Å². The topological polar surface area (TPSA) is 69.7 Å². The molecule has 0 aromatic carbocycles. The molecule has 0 aliphatic rings.